The summed E-state index contributed by atoms with van der Waals surface area (Å²) in [5, 5.41) is 32.8. The van der Waals surface area contributed by atoms with Crippen molar-refractivity contribution >= 4 is 23.7 Å². The van der Waals surface area contributed by atoms with Crippen molar-refractivity contribution in [3.63, 3.8) is 0 Å². The van der Waals surface area contributed by atoms with Crippen molar-refractivity contribution in [3.8, 4) is 0 Å². The lowest BCUT2D eigenvalue weighted by Crippen LogP contribution is -2.03. The fourth-order valence-electron chi connectivity index (χ4n) is 2.63. The fraction of sp³-hybridized carbons (Fsp3) is 0.400. The lowest BCUT2D eigenvalue weighted by molar-refractivity contribution is -0.386. The highest BCUT2D eigenvalue weighted by Crippen LogP contribution is 2.25. The summed E-state index contributed by atoms with van der Waals surface area (Å²) in [6.07, 6.45) is 1.69. The van der Waals surface area contributed by atoms with Crippen LogP contribution < -0.4 is 0 Å². The molecular weight excluding hydrogens is 370 g/mol. The SMILES string of the molecule is Cc1cc(C=Nn2c(C)nnc2SCn2nc(C)c([N+](=O)[O-])c2C)n(C)n1. The molecule has 0 amide bonds. The van der Waals surface area contributed by atoms with Crippen LogP contribution >= 0.6 is 11.8 Å². The summed E-state index contributed by atoms with van der Waals surface area (Å²) in [6, 6.07) is 1.92. The van der Waals surface area contributed by atoms with Crippen LogP contribution in [0.4, 0.5) is 5.69 Å². The Bertz CT molecular complexity index is 1030. The molecule has 12 heteroatoms. The smallest absolute Gasteiger partial charge is 0.267 e. The zero-order chi connectivity index (χ0) is 19.7. The van der Waals surface area contributed by atoms with E-state index in [-0.39, 0.29) is 5.69 Å². The number of hydrogen-bond donors (Lipinski definition) is 0. The van der Waals surface area contributed by atoms with E-state index in [0.717, 1.165) is 11.4 Å². The molecule has 0 unspecified atom stereocenters. The first-order chi connectivity index (χ1) is 12.8. The molecule has 0 spiro atoms. The average Bonchev–Trinajstić information content (AvgIpc) is 3.19. The topological polar surface area (TPSA) is 122 Å². The summed E-state index contributed by atoms with van der Waals surface area (Å²) in [4.78, 5) is 10.7. The van der Waals surface area contributed by atoms with Gasteiger partial charge in [-0.3, -0.25) is 19.5 Å². The molecule has 0 aliphatic rings. The van der Waals surface area contributed by atoms with Crippen molar-refractivity contribution < 1.29 is 4.92 Å². The van der Waals surface area contributed by atoms with E-state index in [1.807, 2.05) is 20.0 Å². The quantitative estimate of drug-likeness (QED) is 0.273. The number of nitrogens with zero attached hydrogens (tertiary/aromatic N) is 9. The third-order valence-electron chi connectivity index (χ3n) is 3.95. The molecule has 0 saturated heterocycles. The van der Waals surface area contributed by atoms with Gasteiger partial charge in [0.2, 0.25) is 5.16 Å². The van der Waals surface area contributed by atoms with E-state index in [4.69, 9.17) is 0 Å². The number of hydrogen-bond acceptors (Lipinski definition) is 8. The highest BCUT2D eigenvalue weighted by Gasteiger charge is 2.22. The van der Waals surface area contributed by atoms with Gasteiger partial charge in [-0.15, -0.1) is 10.2 Å². The molecule has 3 aromatic rings. The van der Waals surface area contributed by atoms with Crippen LogP contribution in [0.2, 0.25) is 0 Å². The predicted molar refractivity (Wildman–Crippen MR) is 99.9 cm³/mol. The third-order valence-corrected chi connectivity index (χ3v) is 4.84. The minimum absolute atomic E-state index is 0.0397. The summed E-state index contributed by atoms with van der Waals surface area (Å²) in [6.45, 7) is 7.02. The van der Waals surface area contributed by atoms with Gasteiger partial charge < -0.3 is 0 Å². The first-order valence-electron chi connectivity index (χ1n) is 8.06. The van der Waals surface area contributed by atoms with Gasteiger partial charge in [-0.05, 0) is 33.8 Å². The molecule has 0 atom stereocenters. The maximum absolute atomic E-state index is 11.1. The Balaban J connectivity index is 1.81. The van der Waals surface area contributed by atoms with E-state index in [1.165, 1.54) is 11.8 Å². The molecule has 0 aliphatic heterocycles. The molecule has 3 rings (SSSR count). The molecule has 3 heterocycles. The second-order valence-corrected chi connectivity index (χ2v) is 6.88. The largest absolute Gasteiger partial charge is 0.312 e. The summed E-state index contributed by atoms with van der Waals surface area (Å²) >= 11 is 1.34. The Morgan fingerprint density at radius 3 is 2.59 bits per heavy atom. The van der Waals surface area contributed by atoms with Gasteiger partial charge in [-0.25, -0.2) is 0 Å². The van der Waals surface area contributed by atoms with Gasteiger partial charge in [0.1, 0.15) is 11.4 Å². The minimum atomic E-state index is -0.411. The van der Waals surface area contributed by atoms with Crippen molar-refractivity contribution in [2.75, 3.05) is 0 Å². The van der Waals surface area contributed by atoms with Crippen molar-refractivity contribution in [2.24, 2.45) is 12.1 Å². The van der Waals surface area contributed by atoms with Gasteiger partial charge in [0.15, 0.2) is 5.82 Å². The average molecular weight is 389 g/mol. The van der Waals surface area contributed by atoms with Crippen LogP contribution in [-0.2, 0) is 12.9 Å². The number of aromatic nitrogens is 7. The van der Waals surface area contributed by atoms with E-state index in [9.17, 15) is 10.1 Å². The Morgan fingerprint density at radius 1 is 1.26 bits per heavy atom. The monoisotopic (exact) mass is 389 g/mol. The van der Waals surface area contributed by atoms with E-state index in [1.54, 1.807) is 41.0 Å². The maximum atomic E-state index is 11.1. The van der Waals surface area contributed by atoms with E-state index in [2.05, 4.69) is 25.5 Å². The number of nitro groups is 1. The number of aryl methyl sites for hydroxylation is 4. The Hall–Kier alpha value is -3.02. The maximum Gasteiger partial charge on any atom is 0.312 e. The Morgan fingerprint density at radius 2 is 2.00 bits per heavy atom. The summed E-state index contributed by atoms with van der Waals surface area (Å²) in [5.74, 6) is 0.992. The van der Waals surface area contributed by atoms with E-state index < -0.39 is 4.92 Å². The molecule has 0 saturated carbocycles. The van der Waals surface area contributed by atoms with E-state index in [0.29, 0.717) is 28.2 Å². The highest BCUT2D eigenvalue weighted by atomic mass is 32.2. The lowest BCUT2D eigenvalue weighted by atomic mass is 10.3. The van der Waals surface area contributed by atoms with Crippen molar-refractivity contribution in [2.45, 2.75) is 38.7 Å². The molecule has 0 N–H and O–H groups in total. The molecule has 142 valence electrons. The molecule has 11 nitrogen and oxygen atoms in total. The van der Waals surface area contributed by atoms with Gasteiger partial charge in [-0.1, -0.05) is 11.8 Å². The molecule has 0 bridgehead atoms. The normalized spacial score (nSPS) is 11.6. The van der Waals surface area contributed by atoms with Crippen molar-refractivity contribution in [1.82, 2.24) is 34.4 Å². The van der Waals surface area contributed by atoms with Gasteiger partial charge in [0.05, 0.1) is 28.4 Å². The summed E-state index contributed by atoms with van der Waals surface area (Å²) in [7, 11) is 1.85. The highest BCUT2D eigenvalue weighted by molar-refractivity contribution is 7.98. The molecule has 0 aliphatic carbocycles. The minimum Gasteiger partial charge on any atom is -0.267 e. The number of thioether (sulfide) groups is 1. The summed E-state index contributed by atoms with van der Waals surface area (Å²) in [5.41, 5.74) is 2.69. The van der Waals surface area contributed by atoms with Crippen molar-refractivity contribution in [1.29, 1.82) is 0 Å². The number of rotatable bonds is 6. The zero-order valence-corrected chi connectivity index (χ0v) is 16.4. The van der Waals surface area contributed by atoms with Crippen LogP contribution in [0.3, 0.4) is 0 Å². The molecule has 27 heavy (non-hydrogen) atoms. The van der Waals surface area contributed by atoms with Gasteiger partial charge in [0, 0.05) is 7.05 Å². The first kappa shape index (κ1) is 18.8. The Labute approximate surface area is 159 Å². The van der Waals surface area contributed by atoms with Gasteiger partial charge in [0.25, 0.3) is 0 Å². The van der Waals surface area contributed by atoms with Crippen LogP contribution in [0.1, 0.15) is 28.6 Å². The molecule has 3 aromatic heterocycles. The van der Waals surface area contributed by atoms with Crippen LogP contribution in [0.15, 0.2) is 16.3 Å². The standard InChI is InChI=1S/C15H19N9O2S/c1-9-6-13(21(5)19-9)7-16-23-12(4)17-18-15(23)27-8-22-11(3)14(24(25)26)10(2)20-22/h6-7H,8H2,1-5H3. The fourth-order valence-corrected chi connectivity index (χ4v) is 3.52. The van der Waals surface area contributed by atoms with Gasteiger partial charge in [-0.2, -0.15) is 20.0 Å². The molecule has 0 fully saturated rings. The van der Waals surface area contributed by atoms with E-state index >= 15 is 0 Å². The predicted octanol–water partition coefficient (Wildman–Crippen LogP) is 1.98. The lowest BCUT2D eigenvalue weighted by Gasteiger charge is -2.04. The van der Waals surface area contributed by atoms with Crippen LogP contribution in [0.5, 0.6) is 0 Å². The second-order valence-electron chi connectivity index (χ2n) is 5.97. The molecule has 0 radical (unpaired) electrons. The second kappa shape index (κ2) is 7.31. The molecule has 0 aromatic carbocycles. The van der Waals surface area contributed by atoms with Gasteiger partial charge >= 0.3 is 5.69 Å². The van der Waals surface area contributed by atoms with Crippen LogP contribution in [0, 0.1) is 37.8 Å². The summed E-state index contributed by atoms with van der Waals surface area (Å²) < 4.78 is 4.94. The third kappa shape index (κ3) is 3.74. The first-order valence-corrected chi connectivity index (χ1v) is 9.04. The molecular formula is C15H19N9O2S. The zero-order valence-electron chi connectivity index (χ0n) is 15.6. The van der Waals surface area contributed by atoms with Crippen LogP contribution in [-0.4, -0.2) is 45.6 Å². The van der Waals surface area contributed by atoms with Crippen molar-refractivity contribution in [3.05, 3.63) is 44.8 Å². The Kier molecular flexibility index (Phi) is 5.08. The van der Waals surface area contributed by atoms with Crippen LogP contribution in [0.25, 0.3) is 0 Å².